The summed E-state index contributed by atoms with van der Waals surface area (Å²) in [6.07, 6.45) is 0. The van der Waals surface area contributed by atoms with E-state index in [1.54, 1.807) is 6.07 Å². The van der Waals surface area contributed by atoms with Crippen LogP contribution < -0.4 is 0 Å². The summed E-state index contributed by atoms with van der Waals surface area (Å²) in [5, 5.41) is 0. The molecule has 1 rings (SSSR count). The first-order valence-corrected chi connectivity index (χ1v) is 3.92. The van der Waals surface area contributed by atoms with Crippen molar-refractivity contribution in [2.75, 3.05) is 0 Å². The first-order valence-electron chi connectivity index (χ1n) is 2.27. The highest BCUT2D eigenvalue weighted by molar-refractivity contribution is 9.10. The number of hydrogen-bond acceptors (Lipinski definition) is 2. The first kappa shape index (κ1) is 7.31. The maximum Gasteiger partial charge on any atom is 0.105 e. The van der Waals surface area contributed by atoms with Crippen LogP contribution in [0.15, 0.2) is 21.6 Å². The number of rotatable bonds is 0. The number of thiol groups is 1. The van der Waals surface area contributed by atoms with E-state index >= 15 is 0 Å². The molecule has 0 aliphatic heterocycles. The number of halogens is 1. The molecule has 1 N–H and O–H groups in total. The fourth-order valence-electron chi connectivity index (χ4n) is 0.496. The van der Waals surface area contributed by atoms with E-state index in [0.717, 1.165) is 9.50 Å². The fourth-order valence-corrected chi connectivity index (χ4v) is 1.85. The quantitative estimate of drug-likeness (QED) is 0.392. The van der Waals surface area contributed by atoms with Crippen LogP contribution in [0.5, 0.6) is 0 Å². The highest BCUT2D eigenvalue weighted by Crippen LogP contribution is 2.11. The third-order valence-electron chi connectivity index (χ3n) is 0.796. The van der Waals surface area contributed by atoms with Crippen molar-refractivity contribution in [1.82, 2.24) is 4.98 Å². The lowest BCUT2D eigenvalue weighted by atomic mass is 10.5. The van der Waals surface area contributed by atoms with Gasteiger partial charge >= 0.3 is 0 Å². The molecule has 9 heavy (non-hydrogen) atoms. The van der Waals surface area contributed by atoms with Gasteiger partial charge in [0.05, 0.1) is 4.60 Å². The van der Waals surface area contributed by atoms with E-state index in [-0.39, 0.29) is 0 Å². The molecule has 1 aromatic rings. The molecule has 0 radical (unpaired) electrons. The molecule has 0 amide bonds. The molecule has 0 saturated heterocycles. The average Bonchev–Trinajstić information content (AvgIpc) is 1.59. The molecule has 4 heteroatoms. The number of nitrogens with one attached hydrogen (secondary N) is 1. The van der Waals surface area contributed by atoms with E-state index in [0.29, 0.717) is 4.64 Å². The Kier molecular flexibility index (Phi) is 2.32. The zero-order valence-electron chi connectivity index (χ0n) is 4.39. The molecule has 0 spiro atoms. The minimum Gasteiger partial charge on any atom is -0.341 e. The molecule has 1 nitrogen and oxygen atoms in total. The van der Waals surface area contributed by atoms with Crippen molar-refractivity contribution in [2.45, 2.75) is 4.90 Å². The minimum absolute atomic E-state index is 0.689. The Morgan fingerprint density at radius 3 is 2.67 bits per heavy atom. The van der Waals surface area contributed by atoms with Crippen LogP contribution >= 0.6 is 40.8 Å². The molecule has 0 atom stereocenters. The van der Waals surface area contributed by atoms with Gasteiger partial charge in [-0.05, 0) is 28.1 Å². The summed E-state index contributed by atoms with van der Waals surface area (Å²) in [4.78, 5) is 3.76. The standard InChI is InChI=1S/C5H4BrNS2/c6-4-1-3(8)2-5(9)7-4/h1-2H,(H2,7,8,9). The third-order valence-corrected chi connectivity index (χ3v) is 1.70. The van der Waals surface area contributed by atoms with E-state index in [1.807, 2.05) is 6.07 Å². The second-order valence-corrected chi connectivity index (χ2v) is 3.36. The summed E-state index contributed by atoms with van der Waals surface area (Å²) in [6.45, 7) is 0. The molecule has 48 valence electrons. The van der Waals surface area contributed by atoms with Crippen LogP contribution in [0, 0.1) is 4.64 Å². The van der Waals surface area contributed by atoms with Crippen molar-refractivity contribution >= 4 is 40.8 Å². The van der Waals surface area contributed by atoms with Gasteiger partial charge in [0.15, 0.2) is 0 Å². The predicted octanol–water partition coefficient (Wildman–Crippen LogP) is 2.80. The van der Waals surface area contributed by atoms with Gasteiger partial charge in [0, 0.05) is 4.90 Å². The summed E-state index contributed by atoms with van der Waals surface area (Å²) >= 11 is 12.2. The maximum atomic E-state index is 4.85. The topological polar surface area (TPSA) is 15.8 Å². The Bertz CT molecular complexity index is 245. The smallest absolute Gasteiger partial charge is 0.105 e. The van der Waals surface area contributed by atoms with Crippen molar-refractivity contribution in [2.24, 2.45) is 0 Å². The number of pyridine rings is 1. The Morgan fingerprint density at radius 1 is 1.56 bits per heavy atom. The molecule has 0 aromatic carbocycles. The molecule has 0 bridgehead atoms. The Labute approximate surface area is 72.0 Å². The zero-order valence-corrected chi connectivity index (χ0v) is 7.69. The molecule has 0 saturated carbocycles. The predicted molar refractivity (Wildman–Crippen MR) is 46.6 cm³/mol. The van der Waals surface area contributed by atoms with Crippen molar-refractivity contribution in [3.8, 4) is 0 Å². The van der Waals surface area contributed by atoms with Crippen LogP contribution in [-0.2, 0) is 0 Å². The van der Waals surface area contributed by atoms with Crippen LogP contribution in [0.4, 0.5) is 0 Å². The molecule has 0 aliphatic carbocycles. The normalized spacial score (nSPS) is 9.56. The number of hydrogen-bond donors (Lipinski definition) is 2. The second kappa shape index (κ2) is 2.86. The Hall–Kier alpha value is 0.200. The van der Waals surface area contributed by atoms with Gasteiger partial charge in [-0.2, -0.15) is 0 Å². The lowest BCUT2D eigenvalue weighted by Crippen LogP contribution is -1.74. The zero-order chi connectivity index (χ0) is 6.85. The first-order chi connectivity index (χ1) is 4.18. The lowest BCUT2D eigenvalue weighted by Gasteiger charge is -1.91. The van der Waals surface area contributed by atoms with E-state index < -0.39 is 0 Å². The Morgan fingerprint density at radius 2 is 2.22 bits per heavy atom. The van der Waals surface area contributed by atoms with Gasteiger partial charge < -0.3 is 4.98 Å². The molecular weight excluding hydrogens is 218 g/mol. The minimum atomic E-state index is 0.689. The number of H-pyrrole nitrogens is 1. The molecular formula is C5H4BrNS2. The molecule has 1 heterocycles. The molecule has 0 unspecified atom stereocenters. The fraction of sp³-hybridized carbons (Fsp3) is 0. The highest BCUT2D eigenvalue weighted by Gasteiger charge is 1.86. The lowest BCUT2D eigenvalue weighted by molar-refractivity contribution is 1.20. The van der Waals surface area contributed by atoms with Gasteiger partial charge in [-0.3, -0.25) is 0 Å². The molecule has 0 aliphatic rings. The average molecular weight is 222 g/mol. The second-order valence-electron chi connectivity index (χ2n) is 1.55. The van der Waals surface area contributed by atoms with E-state index in [4.69, 9.17) is 12.2 Å². The van der Waals surface area contributed by atoms with Crippen LogP contribution in [0.1, 0.15) is 0 Å². The third kappa shape index (κ3) is 2.12. The van der Waals surface area contributed by atoms with Gasteiger partial charge in [-0.25, -0.2) is 0 Å². The van der Waals surface area contributed by atoms with Gasteiger partial charge in [0.2, 0.25) is 0 Å². The van der Waals surface area contributed by atoms with Crippen LogP contribution in [-0.4, -0.2) is 4.98 Å². The summed E-state index contributed by atoms with van der Waals surface area (Å²) in [5.74, 6) is 0. The highest BCUT2D eigenvalue weighted by atomic mass is 79.9. The summed E-state index contributed by atoms with van der Waals surface area (Å²) in [7, 11) is 0. The summed E-state index contributed by atoms with van der Waals surface area (Å²) < 4.78 is 1.55. The van der Waals surface area contributed by atoms with Crippen molar-refractivity contribution in [3.05, 3.63) is 21.4 Å². The van der Waals surface area contributed by atoms with E-state index in [2.05, 4.69) is 33.5 Å². The van der Waals surface area contributed by atoms with Crippen molar-refractivity contribution in [3.63, 3.8) is 0 Å². The van der Waals surface area contributed by atoms with Crippen LogP contribution in [0.2, 0.25) is 0 Å². The largest absolute Gasteiger partial charge is 0.341 e. The van der Waals surface area contributed by atoms with Gasteiger partial charge in [0.25, 0.3) is 0 Å². The maximum absolute atomic E-state index is 4.85. The monoisotopic (exact) mass is 221 g/mol. The van der Waals surface area contributed by atoms with Crippen molar-refractivity contribution in [1.29, 1.82) is 0 Å². The SMILES string of the molecule is S=c1cc(S)cc(Br)[nH]1. The van der Waals surface area contributed by atoms with E-state index in [9.17, 15) is 0 Å². The van der Waals surface area contributed by atoms with Crippen molar-refractivity contribution < 1.29 is 0 Å². The van der Waals surface area contributed by atoms with Gasteiger partial charge in [0.1, 0.15) is 4.64 Å². The Balaban J connectivity index is 3.33. The van der Waals surface area contributed by atoms with Crippen LogP contribution in [0.25, 0.3) is 0 Å². The molecule has 1 aromatic heterocycles. The number of aromatic amines is 1. The number of aromatic nitrogens is 1. The van der Waals surface area contributed by atoms with Crippen LogP contribution in [0.3, 0.4) is 0 Å². The summed E-state index contributed by atoms with van der Waals surface area (Å²) in [6, 6.07) is 3.63. The molecule has 0 fully saturated rings. The van der Waals surface area contributed by atoms with Gasteiger partial charge in [-0.15, -0.1) is 12.6 Å². The van der Waals surface area contributed by atoms with Gasteiger partial charge in [-0.1, -0.05) is 12.2 Å². The summed E-state index contributed by atoms with van der Waals surface area (Å²) in [5.41, 5.74) is 0. The van der Waals surface area contributed by atoms with E-state index in [1.165, 1.54) is 0 Å².